The van der Waals surface area contributed by atoms with Crippen molar-refractivity contribution < 1.29 is 9.53 Å². The number of ether oxygens (including phenoxy) is 1. The van der Waals surface area contributed by atoms with Gasteiger partial charge in [0.1, 0.15) is 5.75 Å². The highest BCUT2D eigenvalue weighted by Gasteiger charge is 2.26. The molecule has 1 amide bonds. The van der Waals surface area contributed by atoms with Crippen LogP contribution >= 0.6 is 12.4 Å². The van der Waals surface area contributed by atoms with Gasteiger partial charge in [-0.3, -0.25) is 4.79 Å². The molecular formula is C16H27ClN2O2. The van der Waals surface area contributed by atoms with Crippen molar-refractivity contribution >= 4 is 18.3 Å². The number of benzene rings is 1. The van der Waals surface area contributed by atoms with Crippen LogP contribution < -0.4 is 15.8 Å². The lowest BCUT2D eigenvalue weighted by atomic mass is 9.93. The third-order valence-corrected chi connectivity index (χ3v) is 3.91. The van der Waals surface area contributed by atoms with Crippen molar-refractivity contribution in [3.63, 3.8) is 0 Å². The van der Waals surface area contributed by atoms with Crippen LogP contribution in [0.3, 0.4) is 0 Å². The molecule has 1 aromatic carbocycles. The maximum absolute atomic E-state index is 12.0. The van der Waals surface area contributed by atoms with Crippen LogP contribution in [0.2, 0.25) is 0 Å². The van der Waals surface area contributed by atoms with E-state index in [9.17, 15) is 4.79 Å². The van der Waals surface area contributed by atoms with E-state index in [-0.39, 0.29) is 30.5 Å². The third-order valence-electron chi connectivity index (χ3n) is 3.91. The zero-order valence-corrected chi connectivity index (χ0v) is 14.2. The molecule has 21 heavy (non-hydrogen) atoms. The topological polar surface area (TPSA) is 64.3 Å². The van der Waals surface area contributed by atoms with E-state index in [1.54, 1.807) is 0 Å². The summed E-state index contributed by atoms with van der Waals surface area (Å²) >= 11 is 0. The number of carbonyl (C=O) groups excluding carboxylic acids is 1. The molecule has 1 aromatic rings. The molecule has 1 rings (SSSR count). The molecule has 0 saturated carbocycles. The molecule has 0 spiro atoms. The summed E-state index contributed by atoms with van der Waals surface area (Å²) in [4.78, 5) is 12.0. The third kappa shape index (κ3) is 5.21. The highest BCUT2D eigenvalue weighted by atomic mass is 35.5. The van der Waals surface area contributed by atoms with Gasteiger partial charge in [0.15, 0.2) is 6.61 Å². The zero-order valence-electron chi connectivity index (χ0n) is 13.4. The normalized spacial score (nSPS) is 10.7. The first kappa shape index (κ1) is 19.7. The van der Waals surface area contributed by atoms with E-state index in [4.69, 9.17) is 10.5 Å². The Morgan fingerprint density at radius 3 is 2.19 bits per heavy atom. The highest BCUT2D eigenvalue weighted by molar-refractivity contribution is 5.85. The Kier molecular flexibility index (Phi) is 8.37. The molecule has 0 fully saturated rings. The number of nitrogens with one attached hydrogen (secondary N) is 1. The molecule has 0 saturated heterocycles. The summed E-state index contributed by atoms with van der Waals surface area (Å²) in [5, 5.41) is 3.00. The largest absolute Gasteiger partial charge is 0.483 e. The number of para-hydroxylation sites is 1. The maximum atomic E-state index is 12.0. The molecule has 5 heteroatoms. The van der Waals surface area contributed by atoms with Crippen LogP contribution in [-0.2, 0) is 4.79 Å². The van der Waals surface area contributed by atoms with Gasteiger partial charge < -0.3 is 15.8 Å². The predicted octanol–water partition coefficient (Wildman–Crippen LogP) is 2.74. The lowest BCUT2D eigenvalue weighted by Crippen LogP contribution is -2.54. The van der Waals surface area contributed by atoms with Crippen LogP contribution in [0.1, 0.15) is 37.8 Å². The molecule has 0 aliphatic heterocycles. The minimum Gasteiger partial charge on any atom is -0.483 e. The van der Waals surface area contributed by atoms with Crippen molar-refractivity contribution in [2.24, 2.45) is 5.73 Å². The van der Waals surface area contributed by atoms with Gasteiger partial charge >= 0.3 is 0 Å². The molecule has 0 heterocycles. The summed E-state index contributed by atoms with van der Waals surface area (Å²) in [7, 11) is 0. The zero-order chi connectivity index (χ0) is 15.2. The second-order valence-corrected chi connectivity index (χ2v) is 5.25. The first-order valence-corrected chi connectivity index (χ1v) is 7.18. The van der Waals surface area contributed by atoms with Crippen LogP contribution in [0.25, 0.3) is 0 Å². The Bertz CT molecular complexity index is 431. The molecule has 0 radical (unpaired) electrons. The number of nitrogens with two attached hydrogens (primary N) is 1. The van der Waals surface area contributed by atoms with E-state index in [2.05, 4.69) is 5.32 Å². The molecular weight excluding hydrogens is 288 g/mol. The van der Waals surface area contributed by atoms with Crippen LogP contribution in [0.4, 0.5) is 0 Å². The van der Waals surface area contributed by atoms with Gasteiger partial charge in [0.2, 0.25) is 0 Å². The fourth-order valence-corrected chi connectivity index (χ4v) is 2.26. The highest BCUT2D eigenvalue weighted by Crippen LogP contribution is 2.22. The second kappa shape index (κ2) is 8.90. The van der Waals surface area contributed by atoms with Crippen molar-refractivity contribution in [2.45, 2.75) is 46.1 Å². The van der Waals surface area contributed by atoms with Crippen molar-refractivity contribution in [1.82, 2.24) is 5.32 Å². The summed E-state index contributed by atoms with van der Waals surface area (Å²) in [6.45, 7) is 8.47. The Labute approximate surface area is 133 Å². The molecule has 120 valence electrons. The smallest absolute Gasteiger partial charge is 0.258 e. The predicted molar refractivity (Wildman–Crippen MR) is 89.2 cm³/mol. The first-order valence-electron chi connectivity index (χ1n) is 7.18. The Morgan fingerprint density at radius 2 is 1.76 bits per heavy atom. The van der Waals surface area contributed by atoms with Gasteiger partial charge in [0, 0.05) is 6.54 Å². The molecule has 0 unspecified atom stereocenters. The van der Waals surface area contributed by atoms with E-state index < -0.39 is 0 Å². The molecule has 0 atom stereocenters. The second-order valence-electron chi connectivity index (χ2n) is 5.25. The summed E-state index contributed by atoms with van der Waals surface area (Å²) in [6.07, 6.45) is 1.63. The van der Waals surface area contributed by atoms with E-state index in [0.29, 0.717) is 6.54 Å². The molecule has 0 aliphatic carbocycles. The minimum atomic E-state index is -0.318. The number of amides is 1. The quantitative estimate of drug-likeness (QED) is 0.813. The fraction of sp³-hybridized carbons (Fsp3) is 0.562. The van der Waals surface area contributed by atoms with Crippen LogP contribution in [0.15, 0.2) is 18.2 Å². The monoisotopic (exact) mass is 314 g/mol. The summed E-state index contributed by atoms with van der Waals surface area (Å²) in [6, 6.07) is 5.93. The van der Waals surface area contributed by atoms with E-state index in [1.165, 1.54) is 0 Å². The van der Waals surface area contributed by atoms with Gasteiger partial charge in [-0.25, -0.2) is 0 Å². The first-order chi connectivity index (χ1) is 9.48. The van der Waals surface area contributed by atoms with E-state index in [1.807, 2.05) is 45.9 Å². The summed E-state index contributed by atoms with van der Waals surface area (Å²) in [5.41, 5.74) is 7.53. The van der Waals surface area contributed by atoms with Gasteiger partial charge in [-0.2, -0.15) is 0 Å². The number of hydrogen-bond acceptors (Lipinski definition) is 3. The molecule has 0 aromatic heterocycles. The molecule has 3 N–H and O–H groups in total. The Hall–Kier alpha value is -1.26. The lowest BCUT2D eigenvalue weighted by molar-refractivity contribution is -0.125. The summed E-state index contributed by atoms with van der Waals surface area (Å²) < 4.78 is 5.66. The van der Waals surface area contributed by atoms with Gasteiger partial charge in [0.05, 0.1) is 5.54 Å². The van der Waals surface area contributed by atoms with Gasteiger partial charge in [-0.1, -0.05) is 32.0 Å². The van der Waals surface area contributed by atoms with Crippen molar-refractivity contribution in [3.05, 3.63) is 29.3 Å². The fourth-order valence-electron chi connectivity index (χ4n) is 2.26. The minimum absolute atomic E-state index is 0. The van der Waals surface area contributed by atoms with Gasteiger partial charge in [-0.05, 0) is 37.8 Å². The van der Waals surface area contributed by atoms with Gasteiger partial charge in [-0.15, -0.1) is 12.4 Å². The summed E-state index contributed by atoms with van der Waals surface area (Å²) in [5.74, 6) is 0.663. The number of rotatable bonds is 7. The SMILES string of the molecule is CCC(CC)(CN)NC(=O)COc1c(C)cccc1C.Cl. The van der Waals surface area contributed by atoms with E-state index >= 15 is 0 Å². The average molecular weight is 315 g/mol. The number of carbonyl (C=O) groups is 1. The number of halogens is 1. The van der Waals surface area contributed by atoms with Crippen LogP contribution in [0, 0.1) is 13.8 Å². The van der Waals surface area contributed by atoms with Gasteiger partial charge in [0.25, 0.3) is 5.91 Å². The number of aryl methyl sites for hydroxylation is 2. The molecule has 4 nitrogen and oxygen atoms in total. The van der Waals surface area contributed by atoms with Crippen molar-refractivity contribution in [2.75, 3.05) is 13.2 Å². The number of hydrogen-bond donors (Lipinski definition) is 2. The maximum Gasteiger partial charge on any atom is 0.258 e. The van der Waals surface area contributed by atoms with Crippen LogP contribution in [0.5, 0.6) is 5.75 Å². The van der Waals surface area contributed by atoms with Crippen LogP contribution in [-0.4, -0.2) is 24.6 Å². The van der Waals surface area contributed by atoms with Crippen molar-refractivity contribution in [3.8, 4) is 5.75 Å². The molecule has 0 bridgehead atoms. The lowest BCUT2D eigenvalue weighted by Gasteiger charge is -2.31. The van der Waals surface area contributed by atoms with Crippen molar-refractivity contribution in [1.29, 1.82) is 0 Å². The molecule has 0 aliphatic rings. The Balaban J connectivity index is 0.00000400. The standard InChI is InChI=1S/C16H26N2O2.ClH/c1-5-16(6-2,11-17)18-14(19)10-20-15-12(3)8-7-9-13(15)4;/h7-9H,5-6,10-11,17H2,1-4H3,(H,18,19);1H. The Morgan fingerprint density at radius 1 is 1.24 bits per heavy atom. The average Bonchev–Trinajstić information content (AvgIpc) is 2.44. The van der Waals surface area contributed by atoms with E-state index in [0.717, 1.165) is 29.7 Å².